The van der Waals surface area contributed by atoms with Gasteiger partial charge in [-0.1, -0.05) is 0 Å². The number of rotatable bonds is 5. The summed E-state index contributed by atoms with van der Waals surface area (Å²) >= 11 is 2.12. The number of hydrogen-bond acceptors (Lipinski definition) is 3. The Labute approximate surface area is 193 Å². The van der Waals surface area contributed by atoms with Crippen LogP contribution in [0.2, 0.25) is 0 Å². The zero-order valence-corrected chi connectivity index (χ0v) is 19.7. The number of hydrogen-bond donors (Lipinski definition) is 1. The third-order valence-electron chi connectivity index (χ3n) is 6.42. The number of halogens is 4. The van der Waals surface area contributed by atoms with Crippen molar-refractivity contribution in [3.8, 4) is 0 Å². The first kappa shape index (κ1) is 22.4. The minimum Gasteiger partial charge on any atom is -0.370 e. The predicted molar refractivity (Wildman–Crippen MR) is 122 cm³/mol. The minimum absolute atomic E-state index is 0.333. The van der Waals surface area contributed by atoms with E-state index in [2.05, 4.69) is 33.0 Å². The molecule has 4 rings (SSSR count). The molecule has 5 nitrogen and oxygen atoms in total. The van der Waals surface area contributed by atoms with Gasteiger partial charge in [0.25, 0.3) is 5.91 Å². The van der Waals surface area contributed by atoms with Gasteiger partial charge in [-0.2, -0.15) is 18.3 Å². The lowest BCUT2D eigenvalue weighted by Gasteiger charge is -2.35. The fraction of sp³-hybridized carbons (Fsp3) is 0.545. The molecular weight excluding hydrogens is 520 g/mol. The van der Waals surface area contributed by atoms with Gasteiger partial charge in [0.05, 0.1) is 26.7 Å². The predicted octanol–water partition coefficient (Wildman–Crippen LogP) is 5.51. The molecule has 1 aromatic heterocycles. The molecule has 1 aliphatic heterocycles. The summed E-state index contributed by atoms with van der Waals surface area (Å²) < 4.78 is 42.7. The maximum absolute atomic E-state index is 13.4. The van der Waals surface area contributed by atoms with Crippen molar-refractivity contribution < 1.29 is 18.0 Å². The van der Waals surface area contributed by atoms with E-state index < -0.39 is 17.3 Å². The van der Waals surface area contributed by atoms with Gasteiger partial charge in [-0.05, 0) is 92.2 Å². The van der Waals surface area contributed by atoms with Crippen molar-refractivity contribution in [2.45, 2.75) is 51.2 Å². The highest BCUT2D eigenvalue weighted by atomic mass is 127. The third kappa shape index (κ3) is 4.85. The van der Waals surface area contributed by atoms with E-state index in [1.807, 2.05) is 4.90 Å². The van der Waals surface area contributed by atoms with Crippen molar-refractivity contribution in [2.75, 3.05) is 23.3 Å². The van der Waals surface area contributed by atoms with E-state index in [4.69, 9.17) is 0 Å². The Kier molecular flexibility index (Phi) is 5.99. The monoisotopic (exact) mass is 546 g/mol. The van der Waals surface area contributed by atoms with E-state index in [1.54, 1.807) is 30.9 Å². The Balaban J connectivity index is 1.59. The second kappa shape index (κ2) is 8.29. The molecule has 0 spiro atoms. The third-order valence-corrected chi connectivity index (χ3v) is 6.98. The van der Waals surface area contributed by atoms with E-state index in [9.17, 15) is 18.0 Å². The van der Waals surface area contributed by atoms with Gasteiger partial charge in [0.1, 0.15) is 5.54 Å². The number of amides is 1. The first-order valence-electron chi connectivity index (χ1n) is 10.5. The highest BCUT2D eigenvalue weighted by Gasteiger charge is 2.36. The van der Waals surface area contributed by atoms with Crippen molar-refractivity contribution in [1.82, 2.24) is 9.78 Å². The van der Waals surface area contributed by atoms with Gasteiger partial charge in [0.15, 0.2) is 0 Å². The lowest BCUT2D eigenvalue weighted by atomic mass is 9.91. The van der Waals surface area contributed by atoms with E-state index in [1.165, 1.54) is 18.9 Å². The summed E-state index contributed by atoms with van der Waals surface area (Å²) in [4.78, 5) is 15.1. The largest absolute Gasteiger partial charge is 0.416 e. The summed E-state index contributed by atoms with van der Waals surface area (Å²) in [6.45, 7) is 4.87. The van der Waals surface area contributed by atoms with Crippen molar-refractivity contribution >= 4 is 39.9 Å². The number of alkyl halides is 3. The summed E-state index contributed by atoms with van der Waals surface area (Å²) in [5.74, 6) is 1.13. The Hall–Kier alpha value is -1.78. The number of nitrogens with one attached hydrogen (secondary N) is 1. The Morgan fingerprint density at radius 3 is 2.32 bits per heavy atom. The van der Waals surface area contributed by atoms with Crippen LogP contribution < -0.4 is 10.2 Å². The summed E-state index contributed by atoms with van der Waals surface area (Å²) in [5, 5.41) is 7.10. The zero-order chi connectivity index (χ0) is 22.4. The number of carbonyl (C=O) groups is 1. The molecule has 1 aromatic carbocycles. The fourth-order valence-corrected chi connectivity index (χ4v) is 4.63. The molecule has 1 aliphatic carbocycles. The molecule has 1 N–H and O–H groups in total. The molecule has 1 saturated carbocycles. The van der Waals surface area contributed by atoms with E-state index in [-0.39, 0.29) is 5.91 Å². The maximum atomic E-state index is 13.4. The normalized spacial score (nSPS) is 18.3. The Bertz CT molecular complexity index is 960. The highest BCUT2D eigenvalue weighted by molar-refractivity contribution is 14.1. The molecule has 31 heavy (non-hydrogen) atoms. The number of nitrogens with zero attached hydrogens (tertiary/aromatic N) is 3. The number of anilines is 2. The average molecular weight is 546 g/mol. The molecule has 0 atom stereocenters. The smallest absolute Gasteiger partial charge is 0.370 e. The number of benzene rings is 1. The van der Waals surface area contributed by atoms with Crippen molar-refractivity contribution in [3.63, 3.8) is 0 Å². The van der Waals surface area contributed by atoms with Crippen molar-refractivity contribution in [2.24, 2.45) is 11.8 Å². The van der Waals surface area contributed by atoms with E-state index in [0.29, 0.717) is 30.4 Å². The summed E-state index contributed by atoms with van der Waals surface area (Å²) in [5.41, 5.74) is -0.866. The van der Waals surface area contributed by atoms with Crippen molar-refractivity contribution in [3.05, 3.63) is 39.7 Å². The molecule has 0 bridgehead atoms. The number of piperidine rings is 1. The first-order valence-corrected chi connectivity index (χ1v) is 11.6. The SMILES string of the molecule is CC(C)(C(=O)Nc1ccc(C(F)(F)F)cc1N1CCC(C2CC2)CC1)n1cc(I)cn1. The van der Waals surface area contributed by atoms with Crippen LogP contribution in [0.5, 0.6) is 0 Å². The second-order valence-electron chi connectivity index (χ2n) is 9.01. The van der Waals surface area contributed by atoms with Crippen LogP contribution >= 0.6 is 22.6 Å². The van der Waals surface area contributed by atoms with E-state index in [0.717, 1.165) is 34.5 Å². The standard InChI is InChI=1S/C22H26F3IN4O/c1-21(2,30-13-17(26)12-27-30)20(31)28-18-6-5-16(22(23,24)25)11-19(18)29-9-7-15(8-10-29)14-3-4-14/h5-6,11-15H,3-4,7-10H2,1-2H3,(H,28,31). The maximum Gasteiger partial charge on any atom is 0.416 e. The van der Waals surface area contributed by atoms with Crippen LogP contribution in [0.15, 0.2) is 30.6 Å². The molecule has 1 amide bonds. The Morgan fingerprint density at radius 1 is 1.13 bits per heavy atom. The molecule has 1 saturated heterocycles. The molecule has 168 valence electrons. The van der Waals surface area contributed by atoms with Gasteiger partial charge < -0.3 is 10.2 Å². The molecule has 0 unspecified atom stereocenters. The van der Waals surface area contributed by atoms with Gasteiger partial charge in [0, 0.05) is 19.3 Å². The van der Waals surface area contributed by atoms with Crippen LogP contribution in [-0.4, -0.2) is 28.8 Å². The molecule has 2 fully saturated rings. The van der Waals surface area contributed by atoms with Crippen LogP contribution in [0.4, 0.5) is 24.5 Å². The Morgan fingerprint density at radius 2 is 1.77 bits per heavy atom. The highest BCUT2D eigenvalue weighted by Crippen LogP contribution is 2.43. The van der Waals surface area contributed by atoms with Crippen LogP contribution in [0.3, 0.4) is 0 Å². The summed E-state index contributed by atoms with van der Waals surface area (Å²) in [7, 11) is 0. The van der Waals surface area contributed by atoms with Gasteiger partial charge in [-0.3, -0.25) is 9.48 Å². The lowest BCUT2D eigenvalue weighted by Crippen LogP contribution is -2.41. The average Bonchev–Trinajstić information content (AvgIpc) is 3.47. The molecule has 0 radical (unpaired) electrons. The molecule has 9 heteroatoms. The number of aromatic nitrogens is 2. The second-order valence-corrected chi connectivity index (χ2v) is 10.3. The molecule has 2 aliphatic rings. The molecule has 2 aromatic rings. The van der Waals surface area contributed by atoms with E-state index >= 15 is 0 Å². The van der Waals surface area contributed by atoms with Crippen LogP contribution in [0, 0.1) is 15.4 Å². The minimum atomic E-state index is -4.44. The molecule has 2 heterocycles. The summed E-state index contributed by atoms with van der Waals surface area (Å²) in [6.07, 6.45) is 3.49. The lowest BCUT2D eigenvalue weighted by molar-refractivity contribution is -0.137. The fourth-order valence-electron chi connectivity index (χ4n) is 4.24. The molecular formula is C22H26F3IN4O. The van der Waals surface area contributed by atoms with Gasteiger partial charge in [0.2, 0.25) is 0 Å². The van der Waals surface area contributed by atoms with Gasteiger partial charge in [-0.25, -0.2) is 0 Å². The van der Waals surface area contributed by atoms with Gasteiger partial charge >= 0.3 is 6.18 Å². The van der Waals surface area contributed by atoms with Crippen LogP contribution in [0.25, 0.3) is 0 Å². The quantitative estimate of drug-likeness (QED) is 0.504. The topological polar surface area (TPSA) is 50.2 Å². The van der Waals surface area contributed by atoms with Crippen molar-refractivity contribution in [1.29, 1.82) is 0 Å². The van der Waals surface area contributed by atoms with Crippen LogP contribution in [0.1, 0.15) is 45.1 Å². The van der Waals surface area contributed by atoms with Crippen LogP contribution in [-0.2, 0) is 16.5 Å². The first-order chi connectivity index (χ1) is 14.6. The zero-order valence-electron chi connectivity index (χ0n) is 17.5. The number of carbonyl (C=O) groups excluding carboxylic acids is 1. The van der Waals surface area contributed by atoms with Gasteiger partial charge in [-0.15, -0.1) is 0 Å². The summed E-state index contributed by atoms with van der Waals surface area (Å²) in [6, 6.07) is 3.56.